The Morgan fingerprint density at radius 3 is 2.76 bits per heavy atom. The van der Waals surface area contributed by atoms with E-state index in [1.807, 2.05) is 0 Å². The molecule has 2 heteroatoms. The molecule has 2 nitrogen and oxygen atoms in total. The van der Waals surface area contributed by atoms with Crippen LogP contribution in [0.2, 0.25) is 0 Å². The van der Waals surface area contributed by atoms with Crippen molar-refractivity contribution in [3.05, 3.63) is 35.4 Å². The molecule has 0 amide bonds. The predicted octanol–water partition coefficient (Wildman–Crippen LogP) is 2.64. The highest BCUT2D eigenvalue weighted by Gasteiger charge is 2.23. The summed E-state index contributed by atoms with van der Waals surface area (Å²) in [4.78, 5) is 0. The molecule has 1 saturated carbocycles. The van der Waals surface area contributed by atoms with E-state index in [9.17, 15) is 5.11 Å². The zero-order chi connectivity index (χ0) is 12.1. The second kappa shape index (κ2) is 6.18. The number of hydrogen-bond donors (Lipinski definition) is 2. The molecule has 2 unspecified atom stereocenters. The molecule has 0 heterocycles. The molecule has 0 aliphatic heterocycles. The van der Waals surface area contributed by atoms with Gasteiger partial charge in [0, 0.05) is 19.2 Å². The van der Waals surface area contributed by atoms with Crippen LogP contribution in [0.5, 0.6) is 0 Å². The van der Waals surface area contributed by atoms with Crippen molar-refractivity contribution in [1.82, 2.24) is 5.32 Å². The lowest BCUT2D eigenvalue weighted by molar-refractivity contribution is 0.152. The van der Waals surface area contributed by atoms with E-state index in [0.717, 1.165) is 6.54 Å². The number of hydrogen-bond acceptors (Lipinski definition) is 2. The SMILES string of the molecule is Cc1ccccc1CNC1CCCCC1CO. The maximum absolute atomic E-state index is 9.37. The molecule has 2 atom stereocenters. The molecular weight excluding hydrogens is 210 g/mol. The molecule has 1 aromatic rings. The molecule has 1 fully saturated rings. The minimum atomic E-state index is 0.325. The van der Waals surface area contributed by atoms with Crippen LogP contribution in [-0.4, -0.2) is 17.8 Å². The first-order chi connectivity index (χ1) is 8.31. The summed E-state index contributed by atoms with van der Waals surface area (Å²) in [6, 6.07) is 9.00. The summed E-state index contributed by atoms with van der Waals surface area (Å²) in [5.74, 6) is 0.452. The number of aliphatic hydroxyl groups is 1. The normalized spacial score (nSPS) is 24.8. The second-order valence-corrected chi connectivity index (χ2v) is 5.14. The maximum Gasteiger partial charge on any atom is 0.0474 e. The van der Waals surface area contributed by atoms with Gasteiger partial charge in [0.15, 0.2) is 0 Å². The third-order valence-electron chi connectivity index (χ3n) is 3.96. The molecule has 17 heavy (non-hydrogen) atoms. The van der Waals surface area contributed by atoms with Gasteiger partial charge >= 0.3 is 0 Å². The van der Waals surface area contributed by atoms with Crippen molar-refractivity contribution in [3.8, 4) is 0 Å². The minimum absolute atomic E-state index is 0.325. The van der Waals surface area contributed by atoms with Crippen LogP contribution in [0.1, 0.15) is 36.8 Å². The largest absolute Gasteiger partial charge is 0.396 e. The molecule has 1 aliphatic carbocycles. The van der Waals surface area contributed by atoms with E-state index in [-0.39, 0.29) is 0 Å². The number of benzene rings is 1. The highest BCUT2D eigenvalue weighted by molar-refractivity contribution is 5.25. The minimum Gasteiger partial charge on any atom is -0.396 e. The fourth-order valence-corrected chi connectivity index (χ4v) is 2.74. The third kappa shape index (κ3) is 3.30. The number of rotatable bonds is 4. The lowest BCUT2D eigenvalue weighted by Gasteiger charge is -2.31. The van der Waals surface area contributed by atoms with Gasteiger partial charge in [-0.05, 0) is 36.8 Å². The molecule has 0 bridgehead atoms. The summed E-state index contributed by atoms with van der Waals surface area (Å²) in [7, 11) is 0. The van der Waals surface area contributed by atoms with Crippen LogP contribution in [0.25, 0.3) is 0 Å². The first-order valence-corrected chi connectivity index (χ1v) is 6.70. The van der Waals surface area contributed by atoms with Gasteiger partial charge in [-0.1, -0.05) is 37.1 Å². The van der Waals surface area contributed by atoms with Crippen molar-refractivity contribution < 1.29 is 5.11 Å². The summed E-state index contributed by atoms with van der Waals surface area (Å²) < 4.78 is 0. The third-order valence-corrected chi connectivity index (χ3v) is 3.96. The topological polar surface area (TPSA) is 32.3 Å². The molecule has 0 aromatic heterocycles. The average Bonchev–Trinajstić information content (AvgIpc) is 2.38. The first kappa shape index (κ1) is 12.6. The molecule has 0 radical (unpaired) electrons. The van der Waals surface area contributed by atoms with Gasteiger partial charge in [-0.25, -0.2) is 0 Å². The summed E-state index contributed by atoms with van der Waals surface area (Å²) in [6.45, 7) is 3.40. The van der Waals surface area contributed by atoms with E-state index in [2.05, 4.69) is 36.5 Å². The van der Waals surface area contributed by atoms with Crippen molar-refractivity contribution in [2.75, 3.05) is 6.61 Å². The van der Waals surface area contributed by atoms with Gasteiger partial charge in [-0.3, -0.25) is 0 Å². The first-order valence-electron chi connectivity index (χ1n) is 6.70. The molecule has 1 aromatic carbocycles. The lowest BCUT2D eigenvalue weighted by atomic mass is 9.85. The maximum atomic E-state index is 9.37. The Labute approximate surface area is 104 Å². The Hall–Kier alpha value is -0.860. The monoisotopic (exact) mass is 233 g/mol. The lowest BCUT2D eigenvalue weighted by Crippen LogP contribution is -2.39. The van der Waals surface area contributed by atoms with E-state index >= 15 is 0 Å². The summed E-state index contributed by atoms with van der Waals surface area (Å²) >= 11 is 0. The van der Waals surface area contributed by atoms with Crippen LogP contribution >= 0.6 is 0 Å². The molecule has 2 N–H and O–H groups in total. The predicted molar refractivity (Wildman–Crippen MR) is 70.9 cm³/mol. The van der Waals surface area contributed by atoms with Gasteiger partial charge in [0.25, 0.3) is 0 Å². The van der Waals surface area contributed by atoms with Gasteiger partial charge in [0.2, 0.25) is 0 Å². The number of aliphatic hydroxyl groups excluding tert-OH is 1. The van der Waals surface area contributed by atoms with Crippen molar-refractivity contribution in [1.29, 1.82) is 0 Å². The van der Waals surface area contributed by atoms with E-state index in [0.29, 0.717) is 18.6 Å². The van der Waals surface area contributed by atoms with Gasteiger partial charge in [-0.2, -0.15) is 0 Å². The fraction of sp³-hybridized carbons (Fsp3) is 0.600. The van der Waals surface area contributed by atoms with Crippen LogP contribution in [0, 0.1) is 12.8 Å². The second-order valence-electron chi connectivity index (χ2n) is 5.14. The van der Waals surface area contributed by atoms with E-state index < -0.39 is 0 Å². The molecule has 0 saturated heterocycles. The standard InChI is InChI=1S/C15H23NO/c1-12-6-2-3-7-13(12)10-16-15-9-5-4-8-14(15)11-17/h2-3,6-7,14-17H,4-5,8-11H2,1H3. The van der Waals surface area contributed by atoms with Gasteiger partial charge in [0.05, 0.1) is 0 Å². The Morgan fingerprint density at radius 1 is 1.24 bits per heavy atom. The molecule has 94 valence electrons. The van der Waals surface area contributed by atoms with Crippen molar-refractivity contribution in [2.24, 2.45) is 5.92 Å². The Bertz CT molecular complexity index is 351. The highest BCUT2D eigenvalue weighted by atomic mass is 16.3. The fourth-order valence-electron chi connectivity index (χ4n) is 2.74. The smallest absolute Gasteiger partial charge is 0.0474 e. The van der Waals surface area contributed by atoms with Gasteiger partial charge in [0.1, 0.15) is 0 Å². The molecular formula is C15H23NO. The van der Waals surface area contributed by atoms with Crippen LogP contribution < -0.4 is 5.32 Å². The van der Waals surface area contributed by atoms with E-state index in [1.54, 1.807) is 0 Å². The summed E-state index contributed by atoms with van der Waals surface area (Å²) in [5.41, 5.74) is 2.71. The highest BCUT2D eigenvalue weighted by Crippen LogP contribution is 2.24. The Balaban J connectivity index is 1.90. The zero-order valence-corrected chi connectivity index (χ0v) is 10.7. The van der Waals surface area contributed by atoms with E-state index in [4.69, 9.17) is 0 Å². The van der Waals surface area contributed by atoms with Crippen molar-refractivity contribution in [3.63, 3.8) is 0 Å². The summed E-state index contributed by atoms with van der Waals surface area (Å²) in [6.07, 6.45) is 4.94. The van der Waals surface area contributed by atoms with Crippen LogP contribution in [-0.2, 0) is 6.54 Å². The molecule has 2 rings (SSSR count). The quantitative estimate of drug-likeness (QED) is 0.838. The number of aryl methyl sites for hydroxylation is 1. The average molecular weight is 233 g/mol. The van der Waals surface area contributed by atoms with Crippen LogP contribution in [0.3, 0.4) is 0 Å². The van der Waals surface area contributed by atoms with Crippen LogP contribution in [0.4, 0.5) is 0 Å². The Morgan fingerprint density at radius 2 is 2.00 bits per heavy atom. The van der Waals surface area contributed by atoms with Crippen molar-refractivity contribution >= 4 is 0 Å². The molecule has 0 spiro atoms. The molecule has 1 aliphatic rings. The van der Waals surface area contributed by atoms with Gasteiger partial charge < -0.3 is 10.4 Å². The number of nitrogens with one attached hydrogen (secondary N) is 1. The summed E-state index contributed by atoms with van der Waals surface area (Å²) in [5, 5.41) is 13.0. The zero-order valence-electron chi connectivity index (χ0n) is 10.7. The van der Waals surface area contributed by atoms with Crippen LogP contribution in [0.15, 0.2) is 24.3 Å². The van der Waals surface area contributed by atoms with Crippen molar-refractivity contribution in [2.45, 2.75) is 45.2 Å². The Kier molecular flexibility index (Phi) is 4.57. The van der Waals surface area contributed by atoms with Gasteiger partial charge in [-0.15, -0.1) is 0 Å². The van der Waals surface area contributed by atoms with E-state index in [1.165, 1.54) is 36.8 Å².